The number of halogens is 2. The molecule has 0 aliphatic carbocycles. The maximum absolute atomic E-state index is 13.4. The number of amides is 1. The van der Waals surface area contributed by atoms with Crippen molar-refractivity contribution >= 4 is 11.6 Å². The van der Waals surface area contributed by atoms with E-state index in [1.165, 1.54) is 6.07 Å². The van der Waals surface area contributed by atoms with Crippen LogP contribution in [0.25, 0.3) is 0 Å². The van der Waals surface area contributed by atoms with E-state index in [0.717, 1.165) is 31.6 Å². The minimum Gasteiger partial charge on any atom is -0.320 e. The standard InChI is InChI=1S/C15H21F2N3O/c1-10-9-20(2)7-6-13(10)18-8-14(21)19-15-11(16)4-3-5-12(15)17/h3-5,10,13,18H,6-9H2,1-2H3,(H,19,21). The molecule has 1 fully saturated rings. The van der Waals surface area contributed by atoms with Gasteiger partial charge in [-0.25, -0.2) is 8.78 Å². The highest BCUT2D eigenvalue weighted by Crippen LogP contribution is 2.18. The van der Waals surface area contributed by atoms with Gasteiger partial charge in [-0.3, -0.25) is 4.79 Å². The molecule has 0 aromatic heterocycles. The number of hydrogen-bond donors (Lipinski definition) is 2. The highest BCUT2D eigenvalue weighted by Gasteiger charge is 2.24. The number of rotatable bonds is 4. The molecular formula is C15H21F2N3O. The molecule has 1 aromatic carbocycles. The fourth-order valence-electron chi connectivity index (χ4n) is 2.68. The van der Waals surface area contributed by atoms with Crippen LogP contribution in [0.3, 0.4) is 0 Å². The molecule has 0 bridgehead atoms. The minimum atomic E-state index is -0.768. The lowest BCUT2D eigenvalue weighted by Crippen LogP contribution is -2.48. The van der Waals surface area contributed by atoms with Crippen LogP contribution < -0.4 is 10.6 Å². The lowest BCUT2D eigenvalue weighted by atomic mass is 9.94. The monoisotopic (exact) mass is 297 g/mol. The van der Waals surface area contributed by atoms with Crippen molar-refractivity contribution in [2.24, 2.45) is 5.92 Å². The van der Waals surface area contributed by atoms with Crippen molar-refractivity contribution in [3.63, 3.8) is 0 Å². The van der Waals surface area contributed by atoms with Crippen molar-refractivity contribution in [3.05, 3.63) is 29.8 Å². The topological polar surface area (TPSA) is 44.4 Å². The van der Waals surface area contributed by atoms with Gasteiger partial charge in [0.25, 0.3) is 0 Å². The third-order valence-electron chi connectivity index (χ3n) is 3.86. The first-order valence-electron chi connectivity index (χ1n) is 7.13. The van der Waals surface area contributed by atoms with E-state index in [9.17, 15) is 13.6 Å². The molecule has 2 unspecified atom stereocenters. The van der Waals surface area contributed by atoms with Crippen molar-refractivity contribution in [1.29, 1.82) is 0 Å². The average molecular weight is 297 g/mol. The third kappa shape index (κ3) is 4.22. The molecule has 1 heterocycles. The second-order valence-corrected chi connectivity index (χ2v) is 5.66. The Labute approximate surface area is 123 Å². The van der Waals surface area contributed by atoms with E-state index in [-0.39, 0.29) is 18.3 Å². The molecule has 0 saturated carbocycles. The zero-order valence-electron chi connectivity index (χ0n) is 12.3. The molecule has 1 aromatic rings. The van der Waals surface area contributed by atoms with Gasteiger partial charge in [0.2, 0.25) is 5.91 Å². The number of benzene rings is 1. The average Bonchev–Trinajstić information content (AvgIpc) is 2.42. The van der Waals surface area contributed by atoms with Crippen molar-refractivity contribution in [1.82, 2.24) is 10.2 Å². The first-order valence-corrected chi connectivity index (χ1v) is 7.13. The van der Waals surface area contributed by atoms with Gasteiger partial charge < -0.3 is 15.5 Å². The highest BCUT2D eigenvalue weighted by atomic mass is 19.1. The van der Waals surface area contributed by atoms with E-state index >= 15 is 0 Å². The van der Waals surface area contributed by atoms with Crippen LogP contribution in [0.4, 0.5) is 14.5 Å². The molecular weight excluding hydrogens is 276 g/mol. The Morgan fingerprint density at radius 3 is 2.67 bits per heavy atom. The Morgan fingerprint density at radius 1 is 1.38 bits per heavy atom. The summed E-state index contributed by atoms with van der Waals surface area (Å²) in [5.74, 6) is -1.54. The number of hydrogen-bond acceptors (Lipinski definition) is 3. The van der Waals surface area contributed by atoms with Gasteiger partial charge in [0.05, 0.1) is 6.54 Å². The normalized spacial score (nSPS) is 23.0. The Hall–Kier alpha value is -1.53. The molecule has 116 valence electrons. The SMILES string of the molecule is CC1CN(C)CCC1NCC(=O)Nc1c(F)cccc1F. The quantitative estimate of drug-likeness (QED) is 0.891. The number of carbonyl (C=O) groups is 1. The van der Waals surface area contributed by atoms with Gasteiger partial charge in [0, 0.05) is 12.6 Å². The van der Waals surface area contributed by atoms with Crippen LogP contribution in [0, 0.1) is 17.6 Å². The van der Waals surface area contributed by atoms with Crippen LogP contribution in [0.1, 0.15) is 13.3 Å². The third-order valence-corrected chi connectivity index (χ3v) is 3.86. The van der Waals surface area contributed by atoms with Gasteiger partial charge in [-0.05, 0) is 38.1 Å². The number of piperidine rings is 1. The van der Waals surface area contributed by atoms with Crippen LogP contribution in [0.5, 0.6) is 0 Å². The summed E-state index contributed by atoms with van der Waals surface area (Å²) in [6.45, 7) is 4.13. The Bertz CT molecular complexity index is 489. The van der Waals surface area contributed by atoms with Crippen LogP contribution in [0.2, 0.25) is 0 Å². The maximum atomic E-state index is 13.4. The van der Waals surface area contributed by atoms with Gasteiger partial charge in [0.1, 0.15) is 17.3 Å². The number of nitrogens with one attached hydrogen (secondary N) is 2. The van der Waals surface area contributed by atoms with Crippen LogP contribution in [0.15, 0.2) is 18.2 Å². The zero-order valence-corrected chi connectivity index (χ0v) is 12.3. The largest absolute Gasteiger partial charge is 0.320 e. The summed E-state index contributed by atoms with van der Waals surface area (Å²) in [7, 11) is 2.07. The zero-order chi connectivity index (χ0) is 15.4. The van der Waals surface area contributed by atoms with Crippen molar-refractivity contribution in [2.75, 3.05) is 32.0 Å². The van der Waals surface area contributed by atoms with E-state index in [4.69, 9.17) is 0 Å². The summed E-state index contributed by atoms with van der Waals surface area (Å²) in [5.41, 5.74) is -0.388. The number of carbonyl (C=O) groups excluding carboxylic acids is 1. The van der Waals surface area contributed by atoms with E-state index in [2.05, 4.69) is 29.5 Å². The smallest absolute Gasteiger partial charge is 0.238 e. The van der Waals surface area contributed by atoms with E-state index < -0.39 is 17.5 Å². The first-order chi connectivity index (χ1) is 9.97. The summed E-state index contributed by atoms with van der Waals surface area (Å²) in [4.78, 5) is 14.1. The second kappa shape index (κ2) is 6.95. The molecule has 21 heavy (non-hydrogen) atoms. The summed E-state index contributed by atoms with van der Waals surface area (Å²) < 4.78 is 26.9. The summed E-state index contributed by atoms with van der Waals surface area (Å²) in [6.07, 6.45) is 0.957. The van der Waals surface area contributed by atoms with Gasteiger partial charge in [-0.15, -0.1) is 0 Å². The molecule has 1 saturated heterocycles. The first kappa shape index (κ1) is 15.9. The van der Waals surface area contributed by atoms with Crippen LogP contribution in [-0.2, 0) is 4.79 Å². The molecule has 1 amide bonds. The van der Waals surface area contributed by atoms with E-state index in [0.29, 0.717) is 5.92 Å². The van der Waals surface area contributed by atoms with Crippen molar-refractivity contribution < 1.29 is 13.6 Å². The number of nitrogens with zero attached hydrogens (tertiary/aromatic N) is 1. The van der Waals surface area contributed by atoms with Crippen molar-refractivity contribution in [3.8, 4) is 0 Å². The number of likely N-dealkylation sites (tertiary alicyclic amines) is 1. The molecule has 2 atom stereocenters. The van der Waals surface area contributed by atoms with Gasteiger partial charge in [-0.1, -0.05) is 13.0 Å². The Morgan fingerprint density at radius 2 is 2.05 bits per heavy atom. The number of para-hydroxylation sites is 1. The van der Waals surface area contributed by atoms with Gasteiger partial charge >= 0.3 is 0 Å². The van der Waals surface area contributed by atoms with Gasteiger partial charge in [0.15, 0.2) is 0 Å². The van der Waals surface area contributed by atoms with E-state index in [1.807, 2.05) is 0 Å². The molecule has 2 rings (SSSR count). The molecule has 1 aliphatic heterocycles. The maximum Gasteiger partial charge on any atom is 0.238 e. The fraction of sp³-hybridized carbons (Fsp3) is 0.533. The molecule has 0 radical (unpaired) electrons. The minimum absolute atomic E-state index is 0.0481. The highest BCUT2D eigenvalue weighted by molar-refractivity contribution is 5.92. The Balaban J connectivity index is 1.85. The van der Waals surface area contributed by atoms with Crippen LogP contribution >= 0.6 is 0 Å². The predicted octanol–water partition coefficient (Wildman–Crippen LogP) is 1.83. The summed E-state index contributed by atoms with van der Waals surface area (Å²) in [5, 5.41) is 5.45. The molecule has 6 heteroatoms. The summed E-state index contributed by atoms with van der Waals surface area (Å²) in [6, 6.07) is 3.74. The number of anilines is 1. The molecule has 0 spiro atoms. The Kier molecular flexibility index (Phi) is 5.25. The fourth-order valence-corrected chi connectivity index (χ4v) is 2.68. The molecule has 2 N–H and O–H groups in total. The van der Waals surface area contributed by atoms with E-state index in [1.54, 1.807) is 0 Å². The molecule has 4 nitrogen and oxygen atoms in total. The second-order valence-electron chi connectivity index (χ2n) is 5.66. The predicted molar refractivity (Wildman–Crippen MR) is 78.1 cm³/mol. The van der Waals surface area contributed by atoms with Gasteiger partial charge in [-0.2, -0.15) is 0 Å². The van der Waals surface area contributed by atoms with Crippen molar-refractivity contribution in [2.45, 2.75) is 19.4 Å². The van der Waals surface area contributed by atoms with Crippen LogP contribution in [-0.4, -0.2) is 43.5 Å². The molecule has 1 aliphatic rings. The lowest BCUT2D eigenvalue weighted by molar-refractivity contribution is -0.115. The summed E-state index contributed by atoms with van der Waals surface area (Å²) >= 11 is 0. The lowest BCUT2D eigenvalue weighted by Gasteiger charge is -2.35.